The highest BCUT2D eigenvalue weighted by Gasteiger charge is 2.18. The number of nitrogens with zero attached hydrogens (tertiary/aromatic N) is 5. The first-order chi connectivity index (χ1) is 10.1. The molecule has 0 fully saturated rings. The van der Waals surface area contributed by atoms with Crippen LogP contribution in [0, 0.1) is 0 Å². The molecule has 8 heteroatoms. The number of hydrogen-bond acceptors (Lipinski definition) is 4. The van der Waals surface area contributed by atoms with Crippen molar-refractivity contribution >= 4 is 23.3 Å². The zero-order valence-electron chi connectivity index (χ0n) is 11.0. The van der Waals surface area contributed by atoms with E-state index in [0.29, 0.717) is 30.2 Å². The molecule has 1 aliphatic heterocycles. The second kappa shape index (κ2) is 5.53. The topological polar surface area (TPSA) is 84.1 Å². The number of rotatable bonds is 2. The Hall–Kier alpha value is -2.41. The Bertz CT molecular complexity index is 712. The molecule has 3 heterocycles. The lowest BCUT2D eigenvalue weighted by atomic mass is 10.1. The molecule has 0 aliphatic carbocycles. The summed E-state index contributed by atoms with van der Waals surface area (Å²) in [5.41, 5.74) is 2.36. The van der Waals surface area contributed by atoms with Gasteiger partial charge in [-0.25, -0.2) is 9.48 Å². The Morgan fingerprint density at radius 3 is 2.95 bits per heavy atom. The van der Waals surface area contributed by atoms with Crippen LogP contribution in [0.4, 0.5) is 4.79 Å². The summed E-state index contributed by atoms with van der Waals surface area (Å²) in [7, 11) is 0. The van der Waals surface area contributed by atoms with E-state index in [1.807, 2.05) is 6.08 Å². The molecule has 1 N–H and O–H groups in total. The molecule has 0 atom stereocenters. The average molecular weight is 306 g/mol. The van der Waals surface area contributed by atoms with Gasteiger partial charge in [0.05, 0.1) is 17.4 Å². The van der Waals surface area contributed by atoms with E-state index in [-0.39, 0.29) is 0 Å². The van der Waals surface area contributed by atoms with Crippen molar-refractivity contribution in [3.05, 3.63) is 41.4 Å². The Morgan fingerprint density at radius 1 is 1.43 bits per heavy atom. The van der Waals surface area contributed by atoms with Crippen LogP contribution in [0.15, 0.2) is 30.7 Å². The SMILES string of the molecule is O=C(O)N1CC=C(c2cn(-c3cnccc3Cl)nn2)CC1. The van der Waals surface area contributed by atoms with Crippen molar-refractivity contribution in [2.45, 2.75) is 6.42 Å². The summed E-state index contributed by atoms with van der Waals surface area (Å²) in [6, 6.07) is 1.68. The number of aromatic nitrogens is 4. The van der Waals surface area contributed by atoms with Gasteiger partial charge in [-0.15, -0.1) is 5.10 Å². The predicted molar refractivity (Wildman–Crippen MR) is 76.4 cm³/mol. The third kappa shape index (κ3) is 2.73. The lowest BCUT2D eigenvalue weighted by molar-refractivity contribution is 0.150. The van der Waals surface area contributed by atoms with Crippen LogP contribution in [0.2, 0.25) is 5.02 Å². The highest BCUT2D eigenvalue weighted by atomic mass is 35.5. The second-order valence-electron chi connectivity index (χ2n) is 4.58. The molecule has 3 rings (SSSR count). The van der Waals surface area contributed by atoms with Crippen molar-refractivity contribution in [2.24, 2.45) is 0 Å². The minimum Gasteiger partial charge on any atom is -0.465 e. The molecule has 2 aromatic heterocycles. The van der Waals surface area contributed by atoms with E-state index in [2.05, 4.69) is 15.3 Å². The number of carboxylic acid groups (broad SMARTS) is 1. The molecule has 0 spiro atoms. The normalized spacial score (nSPS) is 14.9. The largest absolute Gasteiger partial charge is 0.465 e. The van der Waals surface area contributed by atoms with Crippen molar-refractivity contribution in [1.82, 2.24) is 24.9 Å². The summed E-state index contributed by atoms with van der Waals surface area (Å²) in [6.45, 7) is 0.826. The van der Waals surface area contributed by atoms with Crippen molar-refractivity contribution in [3.63, 3.8) is 0 Å². The molecular formula is C13H12ClN5O2. The Labute approximate surface area is 125 Å². The average Bonchev–Trinajstić information content (AvgIpc) is 2.97. The molecule has 21 heavy (non-hydrogen) atoms. The van der Waals surface area contributed by atoms with Gasteiger partial charge >= 0.3 is 6.09 Å². The molecule has 0 aromatic carbocycles. The van der Waals surface area contributed by atoms with Crippen LogP contribution in [0.3, 0.4) is 0 Å². The fourth-order valence-electron chi connectivity index (χ4n) is 2.14. The van der Waals surface area contributed by atoms with Gasteiger partial charge in [0.2, 0.25) is 0 Å². The second-order valence-corrected chi connectivity index (χ2v) is 4.99. The number of hydrogen-bond donors (Lipinski definition) is 1. The monoisotopic (exact) mass is 305 g/mol. The Balaban J connectivity index is 1.83. The van der Waals surface area contributed by atoms with E-state index in [9.17, 15) is 4.79 Å². The molecule has 1 amide bonds. The maximum absolute atomic E-state index is 10.9. The van der Waals surface area contributed by atoms with Gasteiger partial charge in [-0.1, -0.05) is 22.9 Å². The van der Waals surface area contributed by atoms with Crippen LogP contribution in [-0.2, 0) is 0 Å². The number of pyridine rings is 1. The van der Waals surface area contributed by atoms with Gasteiger partial charge < -0.3 is 10.0 Å². The first-order valence-electron chi connectivity index (χ1n) is 6.34. The summed E-state index contributed by atoms with van der Waals surface area (Å²) in [5.74, 6) is 0. The lowest BCUT2D eigenvalue weighted by Gasteiger charge is -2.22. The van der Waals surface area contributed by atoms with Crippen molar-refractivity contribution in [1.29, 1.82) is 0 Å². The van der Waals surface area contributed by atoms with Crippen LogP contribution in [-0.4, -0.2) is 49.2 Å². The maximum Gasteiger partial charge on any atom is 0.407 e. The third-order valence-corrected chi connectivity index (χ3v) is 3.62. The molecule has 1 aliphatic rings. The number of amides is 1. The van der Waals surface area contributed by atoms with Crippen molar-refractivity contribution < 1.29 is 9.90 Å². The van der Waals surface area contributed by atoms with E-state index >= 15 is 0 Å². The van der Waals surface area contributed by atoms with Crippen LogP contribution in [0.25, 0.3) is 11.3 Å². The zero-order valence-corrected chi connectivity index (χ0v) is 11.7. The molecule has 0 unspecified atom stereocenters. The molecule has 0 saturated carbocycles. The van der Waals surface area contributed by atoms with E-state index in [1.165, 1.54) is 4.90 Å². The predicted octanol–water partition coefficient (Wildman–Crippen LogP) is 2.08. The molecule has 2 aromatic rings. The first-order valence-corrected chi connectivity index (χ1v) is 6.72. The fourth-order valence-corrected chi connectivity index (χ4v) is 2.33. The fraction of sp³-hybridized carbons (Fsp3) is 0.231. The van der Waals surface area contributed by atoms with Gasteiger partial charge in [0.1, 0.15) is 11.4 Å². The molecular weight excluding hydrogens is 294 g/mol. The summed E-state index contributed by atoms with van der Waals surface area (Å²) < 4.78 is 1.56. The van der Waals surface area contributed by atoms with Gasteiger partial charge in [-0.2, -0.15) is 0 Å². The van der Waals surface area contributed by atoms with Gasteiger partial charge in [0, 0.05) is 19.3 Å². The van der Waals surface area contributed by atoms with Crippen molar-refractivity contribution in [2.75, 3.05) is 13.1 Å². The minimum absolute atomic E-state index is 0.366. The molecule has 0 saturated heterocycles. The van der Waals surface area contributed by atoms with Gasteiger partial charge in [0.15, 0.2) is 0 Å². The molecule has 0 bridgehead atoms. The van der Waals surface area contributed by atoms with Crippen LogP contribution in [0.5, 0.6) is 0 Å². The number of halogens is 1. The molecule has 108 valence electrons. The summed E-state index contributed by atoms with van der Waals surface area (Å²) in [4.78, 5) is 16.2. The zero-order chi connectivity index (χ0) is 14.8. The van der Waals surface area contributed by atoms with Crippen LogP contribution in [0.1, 0.15) is 12.1 Å². The van der Waals surface area contributed by atoms with E-state index in [0.717, 1.165) is 11.3 Å². The van der Waals surface area contributed by atoms with Crippen LogP contribution >= 0.6 is 11.6 Å². The van der Waals surface area contributed by atoms with Crippen molar-refractivity contribution in [3.8, 4) is 5.69 Å². The molecule has 0 radical (unpaired) electrons. The number of carbonyl (C=O) groups is 1. The standard InChI is InChI=1S/C13H12ClN5O2/c14-10-1-4-15-7-12(10)19-8-11(16-17-19)9-2-5-18(6-3-9)13(20)21/h1-2,4,7-8H,3,5-6H2,(H,20,21). The highest BCUT2D eigenvalue weighted by Crippen LogP contribution is 2.23. The van der Waals surface area contributed by atoms with E-state index in [1.54, 1.807) is 29.3 Å². The quantitative estimate of drug-likeness (QED) is 0.918. The molecule has 7 nitrogen and oxygen atoms in total. The van der Waals surface area contributed by atoms with E-state index in [4.69, 9.17) is 16.7 Å². The van der Waals surface area contributed by atoms with Gasteiger partial charge in [-0.3, -0.25) is 4.98 Å². The Morgan fingerprint density at radius 2 is 2.29 bits per heavy atom. The summed E-state index contributed by atoms with van der Waals surface area (Å²) in [6.07, 6.45) is 6.56. The summed E-state index contributed by atoms with van der Waals surface area (Å²) >= 11 is 6.09. The summed E-state index contributed by atoms with van der Waals surface area (Å²) in [5, 5.41) is 17.6. The lowest BCUT2D eigenvalue weighted by Crippen LogP contribution is -2.33. The first kappa shape index (κ1) is 13.6. The van der Waals surface area contributed by atoms with E-state index < -0.39 is 6.09 Å². The van der Waals surface area contributed by atoms with Gasteiger partial charge in [0.25, 0.3) is 0 Å². The highest BCUT2D eigenvalue weighted by molar-refractivity contribution is 6.32. The van der Waals surface area contributed by atoms with Crippen LogP contribution < -0.4 is 0 Å². The smallest absolute Gasteiger partial charge is 0.407 e. The Kier molecular flexibility index (Phi) is 3.57. The van der Waals surface area contributed by atoms with Gasteiger partial charge in [-0.05, 0) is 18.1 Å². The minimum atomic E-state index is -0.906. The third-order valence-electron chi connectivity index (χ3n) is 3.30. The maximum atomic E-state index is 10.9.